The molecular formula is C22H23FN4O3. The third kappa shape index (κ3) is 4.13. The number of carbonyl (C=O) groups excluding carboxylic acids is 1. The third-order valence-electron chi connectivity index (χ3n) is 5.13. The first-order valence-corrected chi connectivity index (χ1v) is 9.76. The lowest BCUT2D eigenvalue weighted by atomic mass is 10.1. The van der Waals surface area contributed by atoms with Crippen LogP contribution >= 0.6 is 0 Å². The Morgan fingerprint density at radius 3 is 2.90 bits per heavy atom. The quantitative estimate of drug-likeness (QED) is 0.555. The Morgan fingerprint density at radius 2 is 2.10 bits per heavy atom. The van der Waals surface area contributed by atoms with Crippen LogP contribution < -0.4 is 20.5 Å². The molecule has 0 saturated heterocycles. The van der Waals surface area contributed by atoms with Crippen molar-refractivity contribution in [1.82, 2.24) is 15.5 Å². The van der Waals surface area contributed by atoms with E-state index in [4.69, 9.17) is 15.2 Å². The van der Waals surface area contributed by atoms with Gasteiger partial charge in [-0.25, -0.2) is 4.39 Å². The average molecular weight is 410 g/mol. The Kier molecular flexibility index (Phi) is 5.67. The molecule has 3 aromatic rings. The maximum Gasteiger partial charge on any atom is 0.251 e. The van der Waals surface area contributed by atoms with E-state index in [1.807, 2.05) is 0 Å². The van der Waals surface area contributed by atoms with Crippen LogP contribution in [-0.2, 0) is 25.9 Å². The van der Waals surface area contributed by atoms with Gasteiger partial charge in [0.1, 0.15) is 11.6 Å². The van der Waals surface area contributed by atoms with Gasteiger partial charge in [-0.05, 0) is 60.7 Å². The summed E-state index contributed by atoms with van der Waals surface area (Å²) in [6.07, 6.45) is 3.09. The first-order valence-electron chi connectivity index (χ1n) is 9.76. The second-order valence-electron chi connectivity index (χ2n) is 7.13. The van der Waals surface area contributed by atoms with Gasteiger partial charge in [-0.2, -0.15) is 5.10 Å². The lowest BCUT2D eigenvalue weighted by Gasteiger charge is -2.13. The van der Waals surface area contributed by atoms with Gasteiger partial charge in [0.2, 0.25) is 0 Å². The van der Waals surface area contributed by atoms with E-state index in [0.29, 0.717) is 29.2 Å². The molecule has 1 aliphatic rings. The molecule has 4 rings (SSSR count). The number of carbonyl (C=O) groups is 1. The van der Waals surface area contributed by atoms with Crippen molar-refractivity contribution in [3.63, 3.8) is 0 Å². The smallest absolute Gasteiger partial charge is 0.251 e. The number of methoxy groups -OCH3 is 1. The minimum Gasteiger partial charge on any atom is -0.493 e. The topological polar surface area (TPSA) is 102 Å². The predicted octanol–water partition coefficient (Wildman–Crippen LogP) is 3.23. The summed E-state index contributed by atoms with van der Waals surface area (Å²) < 4.78 is 24.9. The van der Waals surface area contributed by atoms with Crippen LogP contribution in [0, 0.1) is 5.82 Å². The van der Waals surface area contributed by atoms with Crippen LogP contribution in [0.4, 0.5) is 4.39 Å². The molecule has 0 fully saturated rings. The van der Waals surface area contributed by atoms with Crippen molar-refractivity contribution in [3.8, 4) is 17.2 Å². The van der Waals surface area contributed by atoms with E-state index >= 15 is 0 Å². The molecular weight excluding hydrogens is 387 g/mol. The molecule has 0 saturated carbocycles. The van der Waals surface area contributed by atoms with Gasteiger partial charge in [0, 0.05) is 23.9 Å². The van der Waals surface area contributed by atoms with E-state index in [1.54, 1.807) is 24.3 Å². The number of aromatic amines is 1. The minimum absolute atomic E-state index is 0.185. The van der Waals surface area contributed by atoms with Gasteiger partial charge in [-0.1, -0.05) is 0 Å². The molecule has 0 radical (unpaired) electrons. The molecule has 4 N–H and O–H groups in total. The number of ether oxygens (including phenoxy) is 2. The fourth-order valence-corrected chi connectivity index (χ4v) is 3.62. The molecule has 0 aliphatic heterocycles. The Hall–Kier alpha value is -3.39. The van der Waals surface area contributed by atoms with Gasteiger partial charge in [-0.15, -0.1) is 0 Å². The van der Waals surface area contributed by atoms with E-state index in [-0.39, 0.29) is 18.2 Å². The molecule has 1 aliphatic carbocycles. The summed E-state index contributed by atoms with van der Waals surface area (Å²) in [5.74, 6) is 0.291. The number of aromatic nitrogens is 2. The lowest BCUT2D eigenvalue weighted by molar-refractivity contribution is 0.0950. The summed E-state index contributed by atoms with van der Waals surface area (Å²) in [6.45, 7) is 0.529. The molecule has 1 heterocycles. The predicted molar refractivity (Wildman–Crippen MR) is 109 cm³/mol. The van der Waals surface area contributed by atoms with E-state index in [0.717, 1.165) is 30.7 Å². The van der Waals surface area contributed by atoms with E-state index in [9.17, 15) is 9.18 Å². The molecule has 0 atom stereocenters. The summed E-state index contributed by atoms with van der Waals surface area (Å²) in [6, 6.07) is 9.10. The van der Waals surface area contributed by atoms with Crippen LogP contribution in [0.3, 0.4) is 0 Å². The highest BCUT2D eigenvalue weighted by molar-refractivity contribution is 5.94. The third-order valence-corrected chi connectivity index (χ3v) is 5.13. The van der Waals surface area contributed by atoms with Crippen LogP contribution in [0.25, 0.3) is 0 Å². The highest BCUT2D eigenvalue weighted by atomic mass is 19.1. The van der Waals surface area contributed by atoms with Gasteiger partial charge in [0.15, 0.2) is 11.5 Å². The number of hydrogen-bond acceptors (Lipinski definition) is 5. The van der Waals surface area contributed by atoms with Crippen LogP contribution in [0.5, 0.6) is 17.2 Å². The van der Waals surface area contributed by atoms with Gasteiger partial charge in [0.25, 0.3) is 5.91 Å². The first-order chi connectivity index (χ1) is 14.6. The molecule has 156 valence electrons. The normalized spacial score (nSPS) is 12.5. The Balaban J connectivity index is 1.51. The molecule has 1 amide bonds. The first kappa shape index (κ1) is 19.9. The van der Waals surface area contributed by atoms with Crippen LogP contribution in [0.1, 0.15) is 39.3 Å². The number of H-pyrrole nitrogens is 1. The number of hydrogen-bond donors (Lipinski definition) is 3. The molecule has 0 bridgehead atoms. The number of nitrogens with one attached hydrogen (secondary N) is 2. The van der Waals surface area contributed by atoms with Crippen molar-refractivity contribution in [2.24, 2.45) is 5.73 Å². The fourth-order valence-electron chi connectivity index (χ4n) is 3.62. The minimum atomic E-state index is -0.452. The van der Waals surface area contributed by atoms with E-state index in [1.165, 1.54) is 24.8 Å². The average Bonchev–Trinajstić information content (AvgIpc) is 3.36. The molecule has 0 unspecified atom stereocenters. The zero-order chi connectivity index (χ0) is 21.1. The number of rotatable bonds is 7. The zero-order valence-corrected chi connectivity index (χ0v) is 16.6. The second-order valence-corrected chi connectivity index (χ2v) is 7.13. The maximum atomic E-state index is 13.8. The molecule has 1 aromatic heterocycles. The molecule has 30 heavy (non-hydrogen) atoms. The number of amides is 1. The number of halogens is 1. The molecule has 7 nitrogen and oxygen atoms in total. The summed E-state index contributed by atoms with van der Waals surface area (Å²) in [5.41, 5.74) is 9.83. The summed E-state index contributed by atoms with van der Waals surface area (Å²) in [7, 11) is 1.50. The monoisotopic (exact) mass is 410 g/mol. The largest absolute Gasteiger partial charge is 0.493 e. The van der Waals surface area contributed by atoms with Crippen molar-refractivity contribution in [2.75, 3.05) is 7.11 Å². The second kappa shape index (κ2) is 8.54. The number of fused-ring (bicyclic) bond motifs is 1. The Labute approximate surface area is 173 Å². The van der Waals surface area contributed by atoms with Gasteiger partial charge >= 0.3 is 0 Å². The fraction of sp³-hybridized carbons (Fsp3) is 0.273. The standard InChI is InChI=1S/C22H23FN4O3/c1-29-20-6-5-14(9-21(20)30-16-8-13(11-24)7-15(23)10-16)22(28)25-12-19-17-3-2-4-18(17)26-27-19/h5-10H,2-4,11-12,24H2,1H3,(H,25,28)(H,26,27). The number of nitrogens with two attached hydrogens (primary N) is 1. The molecule has 2 aromatic carbocycles. The molecule has 0 spiro atoms. The summed E-state index contributed by atoms with van der Waals surface area (Å²) in [4.78, 5) is 12.7. The van der Waals surface area contributed by atoms with Crippen molar-refractivity contribution in [3.05, 3.63) is 70.3 Å². The van der Waals surface area contributed by atoms with Crippen LogP contribution in [-0.4, -0.2) is 23.2 Å². The Bertz CT molecular complexity index is 1080. The van der Waals surface area contributed by atoms with Crippen LogP contribution in [0.2, 0.25) is 0 Å². The van der Waals surface area contributed by atoms with Gasteiger partial charge < -0.3 is 20.5 Å². The lowest BCUT2D eigenvalue weighted by Crippen LogP contribution is -2.23. The van der Waals surface area contributed by atoms with Crippen molar-refractivity contribution >= 4 is 5.91 Å². The van der Waals surface area contributed by atoms with Crippen molar-refractivity contribution in [2.45, 2.75) is 32.4 Å². The Morgan fingerprint density at radius 1 is 1.23 bits per heavy atom. The van der Waals surface area contributed by atoms with Crippen molar-refractivity contribution < 1.29 is 18.7 Å². The SMILES string of the molecule is COc1ccc(C(=O)NCc2n[nH]c3c2CCC3)cc1Oc1cc(F)cc(CN)c1. The van der Waals surface area contributed by atoms with Gasteiger partial charge in [0.05, 0.1) is 19.3 Å². The highest BCUT2D eigenvalue weighted by Gasteiger charge is 2.19. The highest BCUT2D eigenvalue weighted by Crippen LogP contribution is 2.33. The van der Waals surface area contributed by atoms with Crippen LogP contribution in [0.15, 0.2) is 36.4 Å². The molecule has 8 heteroatoms. The van der Waals surface area contributed by atoms with E-state index < -0.39 is 5.82 Å². The van der Waals surface area contributed by atoms with Gasteiger partial charge in [-0.3, -0.25) is 9.89 Å². The summed E-state index contributed by atoms with van der Waals surface area (Å²) >= 11 is 0. The number of benzene rings is 2. The van der Waals surface area contributed by atoms with Crippen molar-refractivity contribution in [1.29, 1.82) is 0 Å². The number of nitrogens with zero attached hydrogens (tertiary/aromatic N) is 1. The summed E-state index contributed by atoms with van der Waals surface area (Å²) in [5, 5.41) is 10.2. The maximum absolute atomic E-state index is 13.8. The van der Waals surface area contributed by atoms with E-state index in [2.05, 4.69) is 15.5 Å². The number of aryl methyl sites for hydroxylation is 1. The zero-order valence-electron chi connectivity index (χ0n) is 16.6.